The van der Waals surface area contributed by atoms with Crippen LogP contribution >= 0.6 is 11.6 Å². The number of sulfonamides is 1. The second kappa shape index (κ2) is 11.5. The third-order valence-electron chi connectivity index (χ3n) is 5.18. The zero-order valence-corrected chi connectivity index (χ0v) is 19.4. The standard InChI is InChI=1S/C22H26ClN3O6S/c23-18-7-3-16(4-8-18)17-5-9-19(10-6-17)33(30,31)25-20(21(27)28)2-1-11-24-22(29)26-12-14-32-15-13-26/h3-10,20,25H,1-2,11-15H2,(H,24,29)(H,27,28). The van der Waals surface area contributed by atoms with E-state index in [1.807, 2.05) is 12.1 Å². The molecule has 0 aliphatic carbocycles. The minimum Gasteiger partial charge on any atom is -0.480 e. The largest absolute Gasteiger partial charge is 0.480 e. The predicted octanol–water partition coefficient (Wildman–Crippen LogP) is 2.56. The number of hydrogen-bond donors (Lipinski definition) is 3. The van der Waals surface area contributed by atoms with E-state index in [4.69, 9.17) is 16.3 Å². The van der Waals surface area contributed by atoms with Gasteiger partial charge < -0.3 is 20.1 Å². The lowest BCUT2D eigenvalue weighted by Crippen LogP contribution is -2.46. The van der Waals surface area contributed by atoms with Gasteiger partial charge in [0.1, 0.15) is 6.04 Å². The molecule has 1 aliphatic rings. The number of carboxylic acid groups (broad SMARTS) is 1. The second-order valence-electron chi connectivity index (χ2n) is 7.52. The van der Waals surface area contributed by atoms with Crippen LogP contribution in [0.15, 0.2) is 53.4 Å². The van der Waals surface area contributed by atoms with Crippen LogP contribution in [0.2, 0.25) is 5.02 Å². The van der Waals surface area contributed by atoms with Crippen LogP contribution in [0.1, 0.15) is 12.8 Å². The third kappa shape index (κ3) is 7.16. The summed E-state index contributed by atoms with van der Waals surface area (Å²) in [7, 11) is -4.04. The molecular formula is C22H26ClN3O6S. The van der Waals surface area contributed by atoms with Gasteiger partial charge in [0.2, 0.25) is 10.0 Å². The molecular weight excluding hydrogens is 470 g/mol. The van der Waals surface area contributed by atoms with Crippen LogP contribution in [0.25, 0.3) is 11.1 Å². The van der Waals surface area contributed by atoms with Gasteiger partial charge in [-0.05, 0) is 48.2 Å². The van der Waals surface area contributed by atoms with E-state index in [1.54, 1.807) is 29.2 Å². The number of morpholine rings is 1. The number of amides is 2. The number of carboxylic acids is 1. The van der Waals surface area contributed by atoms with Gasteiger partial charge in [-0.25, -0.2) is 13.2 Å². The summed E-state index contributed by atoms with van der Waals surface area (Å²) in [5.41, 5.74) is 1.68. The van der Waals surface area contributed by atoms with Crippen LogP contribution in [0.4, 0.5) is 4.79 Å². The molecule has 1 aliphatic heterocycles. The van der Waals surface area contributed by atoms with Gasteiger partial charge in [0, 0.05) is 24.7 Å². The molecule has 0 aromatic heterocycles. The quantitative estimate of drug-likeness (QED) is 0.459. The van der Waals surface area contributed by atoms with Crippen molar-refractivity contribution < 1.29 is 27.9 Å². The van der Waals surface area contributed by atoms with Gasteiger partial charge in [0.15, 0.2) is 0 Å². The number of carbonyl (C=O) groups is 2. The Labute approximate surface area is 197 Å². The van der Waals surface area contributed by atoms with Crippen molar-refractivity contribution >= 4 is 33.6 Å². The summed E-state index contributed by atoms with van der Waals surface area (Å²) in [6.07, 6.45) is 0.325. The van der Waals surface area contributed by atoms with Gasteiger partial charge in [0.05, 0.1) is 18.1 Å². The van der Waals surface area contributed by atoms with Gasteiger partial charge in [-0.3, -0.25) is 4.79 Å². The van der Waals surface area contributed by atoms with E-state index in [0.29, 0.717) is 37.7 Å². The average Bonchev–Trinajstić information content (AvgIpc) is 2.82. The number of nitrogens with zero attached hydrogens (tertiary/aromatic N) is 1. The Morgan fingerprint density at radius 3 is 2.18 bits per heavy atom. The number of aliphatic carboxylic acids is 1. The van der Waals surface area contributed by atoms with Crippen molar-refractivity contribution in [2.75, 3.05) is 32.8 Å². The van der Waals surface area contributed by atoms with Gasteiger partial charge in [-0.15, -0.1) is 0 Å². The maximum atomic E-state index is 12.7. The van der Waals surface area contributed by atoms with Gasteiger partial charge >= 0.3 is 12.0 Å². The number of rotatable bonds is 9. The van der Waals surface area contributed by atoms with E-state index in [-0.39, 0.29) is 23.9 Å². The minimum atomic E-state index is -4.04. The first-order valence-corrected chi connectivity index (χ1v) is 12.3. The summed E-state index contributed by atoms with van der Waals surface area (Å²) >= 11 is 5.89. The Balaban J connectivity index is 1.54. The lowest BCUT2D eigenvalue weighted by molar-refractivity contribution is -0.139. The first kappa shape index (κ1) is 25.0. The molecule has 2 aromatic carbocycles. The Bertz CT molecular complexity index is 1050. The van der Waals surface area contributed by atoms with Crippen LogP contribution < -0.4 is 10.0 Å². The molecule has 1 heterocycles. The highest BCUT2D eigenvalue weighted by molar-refractivity contribution is 7.89. The molecule has 9 nitrogen and oxygen atoms in total. The molecule has 3 rings (SSSR count). The van der Waals surface area contributed by atoms with Crippen LogP contribution in [0.3, 0.4) is 0 Å². The summed E-state index contributed by atoms with van der Waals surface area (Å²) in [5, 5.41) is 12.8. The fourth-order valence-electron chi connectivity index (χ4n) is 3.34. The Morgan fingerprint density at radius 2 is 1.61 bits per heavy atom. The second-order valence-corrected chi connectivity index (χ2v) is 9.67. The van der Waals surface area contributed by atoms with Crippen molar-refractivity contribution in [1.82, 2.24) is 14.9 Å². The molecule has 33 heavy (non-hydrogen) atoms. The summed E-state index contributed by atoms with van der Waals surface area (Å²) < 4.78 is 32.8. The first-order valence-electron chi connectivity index (χ1n) is 10.5. The number of ether oxygens (including phenoxy) is 1. The lowest BCUT2D eigenvalue weighted by atomic mass is 10.1. The Morgan fingerprint density at radius 1 is 1.03 bits per heavy atom. The molecule has 0 spiro atoms. The summed E-state index contributed by atoms with van der Waals surface area (Å²) in [4.78, 5) is 25.2. The molecule has 2 aromatic rings. The zero-order valence-electron chi connectivity index (χ0n) is 17.9. The van der Waals surface area contributed by atoms with E-state index >= 15 is 0 Å². The minimum absolute atomic E-state index is 0.0286. The van der Waals surface area contributed by atoms with Gasteiger partial charge in [0.25, 0.3) is 0 Å². The Kier molecular flexibility index (Phi) is 8.67. The molecule has 3 N–H and O–H groups in total. The first-order chi connectivity index (χ1) is 15.8. The van der Waals surface area contributed by atoms with Crippen molar-refractivity contribution in [2.24, 2.45) is 0 Å². The third-order valence-corrected chi connectivity index (χ3v) is 6.92. The fraction of sp³-hybridized carbons (Fsp3) is 0.364. The highest BCUT2D eigenvalue weighted by Gasteiger charge is 2.25. The van der Waals surface area contributed by atoms with Crippen LogP contribution in [0.5, 0.6) is 0 Å². The maximum absolute atomic E-state index is 12.7. The molecule has 0 saturated carbocycles. The van der Waals surface area contributed by atoms with E-state index in [9.17, 15) is 23.1 Å². The van der Waals surface area contributed by atoms with Crippen LogP contribution in [-0.2, 0) is 19.6 Å². The summed E-state index contributed by atoms with van der Waals surface area (Å²) in [6.45, 7) is 2.20. The number of hydrogen-bond acceptors (Lipinski definition) is 5. The lowest BCUT2D eigenvalue weighted by Gasteiger charge is -2.27. The van der Waals surface area contributed by atoms with Crippen molar-refractivity contribution in [3.63, 3.8) is 0 Å². The zero-order chi connectivity index (χ0) is 23.8. The van der Waals surface area contributed by atoms with E-state index < -0.39 is 22.0 Å². The van der Waals surface area contributed by atoms with Crippen LogP contribution in [0, 0.1) is 0 Å². The molecule has 1 fully saturated rings. The molecule has 0 bridgehead atoms. The highest BCUT2D eigenvalue weighted by Crippen LogP contribution is 2.23. The van der Waals surface area contributed by atoms with Crippen molar-refractivity contribution in [1.29, 1.82) is 0 Å². The number of nitrogens with one attached hydrogen (secondary N) is 2. The van der Waals surface area contributed by atoms with Crippen LogP contribution in [-0.4, -0.2) is 69.3 Å². The predicted molar refractivity (Wildman–Crippen MR) is 124 cm³/mol. The van der Waals surface area contributed by atoms with Crippen molar-refractivity contribution in [3.8, 4) is 11.1 Å². The average molecular weight is 496 g/mol. The topological polar surface area (TPSA) is 125 Å². The summed E-state index contributed by atoms with van der Waals surface area (Å²) in [6, 6.07) is 11.7. The molecule has 1 unspecified atom stereocenters. The SMILES string of the molecule is O=C(O)C(CCCNC(=O)N1CCOCC1)NS(=O)(=O)c1ccc(-c2ccc(Cl)cc2)cc1. The molecule has 1 saturated heterocycles. The number of carbonyl (C=O) groups excluding carboxylic acids is 1. The smallest absolute Gasteiger partial charge is 0.321 e. The number of halogens is 1. The number of benzene rings is 2. The summed E-state index contributed by atoms with van der Waals surface area (Å²) in [5.74, 6) is -1.28. The highest BCUT2D eigenvalue weighted by atomic mass is 35.5. The molecule has 11 heteroatoms. The monoisotopic (exact) mass is 495 g/mol. The van der Waals surface area contributed by atoms with Gasteiger partial charge in [-0.2, -0.15) is 4.72 Å². The van der Waals surface area contributed by atoms with Gasteiger partial charge in [-0.1, -0.05) is 35.9 Å². The van der Waals surface area contributed by atoms with Crippen molar-refractivity contribution in [3.05, 3.63) is 53.6 Å². The van der Waals surface area contributed by atoms with Crippen molar-refractivity contribution in [2.45, 2.75) is 23.8 Å². The fourth-order valence-corrected chi connectivity index (χ4v) is 4.69. The normalized spacial score (nSPS) is 15.1. The molecule has 1 atom stereocenters. The molecule has 0 radical (unpaired) electrons. The Hall–Kier alpha value is -2.66. The van der Waals surface area contributed by atoms with E-state index in [2.05, 4.69) is 10.0 Å². The van der Waals surface area contributed by atoms with E-state index in [0.717, 1.165) is 11.1 Å². The number of urea groups is 1. The maximum Gasteiger partial charge on any atom is 0.321 e. The molecule has 178 valence electrons. The van der Waals surface area contributed by atoms with E-state index in [1.165, 1.54) is 12.1 Å². The molecule has 2 amide bonds.